The number of carbonyl (C=O) groups excluding carboxylic acids is 1. The maximum Gasteiger partial charge on any atom is 0.310 e. The smallest absolute Gasteiger partial charge is 0.310 e. The average molecular weight is 168 g/mol. The van der Waals surface area contributed by atoms with Crippen LogP contribution in [0.5, 0.6) is 0 Å². The van der Waals surface area contributed by atoms with E-state index in [0.717, 1.165) is 0 Å². The largest absolute Gasteiger partial charge is 0.481 e. The molecule has 0 unspecified atom stereocenters. The van der Waals surface area contributed by atoms with Crippen molar-refractivity contribution in [2.75, 3.05) is 0 Å². The Morgan fingerprint density at radius 1 is 1.60 bits per heavy atom. The minimum atomic E-state index is -1.13. The zero-order valence-corrected chi connectivity index (χ0v) is 6.35. The maximum atomic E-state index is 10.4. The van der Waals surface area contributed by atoms with Gasteiger partial charge in [-0.15, -0.1) is 12.4 Å². The van der Waals surface area contributed by atoms with Crippen LogP contribution in [0.25, 0.3) is 0 Å². The highest BCUT2D eigenvalue weighted by atomic mass is 35.5. The number of carboxylic acid groups (broad SMARTS) is 1. The number of Topliss-reactive ketones (excluding diaryl/α,β-unsaturated/α-hetero) is 1. The van der Waals surface area contributed by atoms with Crippen molar-refractivity contribution in [1.82, 2.24) is 0 Å². The second kappa shape index (κ2) is 5.20. The second-order valence-electron chi connectivity index (χ2n) is 1.83. The van der Waals surface area contributed by atoms with Crippen LogP contribution < -0.4 is 5.73 Å². The van der Waals surface area contributed by atoms with Crippen LogP contribution in [-0.2, 0) is 9.59 Å². The lowest BCUT2D eigenvalue weighted by atomic mass is 10.2. The molecule has 0 aromatic rings. The van der Waals surface area contributed by atoms with Crippen molar-refractivity contribution in [3.63, 3.8) is 0 Å². The third-order valence-electron chi connectivity index (χ3n) is 0.833. The Hall–Kier alpha value is -0.610. The predicted molar refractivity (Wildman–Crippen MR) is 38.2 cm³/mol. The van der Waals surface area contributed by atoms with Gasteiger partial charge in [-0.05, 0) is 6.92 Å². The van der Waals surface area contributed by atoms with Gasteiger partial charge >= 0.3 is 5.97 Å². The zero-order chi connectivity index (χ0) is 7.44. The van der Waals surface area contributed by atoms with Gasteiger partial charge in [0.15, 0.2) is 5.78 Å². The molecule has 0 saturated carbocycles. The first-order chi connectivity index (χ1) is 4.04. The summed E-state index contributed by atoms with van der Waals surface area (Å²) in [5.41, 5.74) is 5.07. The molecule has 4 nitrogen and oxygen atoms in total. The van der Waals surface area contributed by atoms with E-state index in [1.807, 2.05) is 0 Å². The minimum absolute atomic E-state index is 0. The van der Waals surface area contributed by atoms with Crippen molar-refractivity contribution in [3.8, 4) is 0 Å². The molecular weight excluding hydrogens is 158 g/mol. The van der Waals surface area contributed by atoms with Gasteiger partial charge in [-0.1, -0.05) is 0 Å². The van der Waals surface area contributed by atoms with Crippen LogP contribution in [0.1, 0.15) is 13.3 Å². The van der Waals surface area contributed by atoms with E-state index >= 15 is 0 Å². The molecule has 0 aliphatic carbocycles. The van der Waals surface area contributed by atoms with E-state index in [0.29, 0.717) is 0 Å². The molecule has 0 fully saturated rings. The summed E-state index contributed by atoms with van der Waals surface area (Å²) in [5.74, 6) is -1.57. The molecule has 0 aromatic carbocycles. The number of carboxylic acids is 1. The van der Waals surface area contributed by atoms with Crippen LogP contribution in [0.15, 0.2) is 0 Å². The number of hydrogen-bond donors (Lipinski definition) is 2. The number of nitrogens with two attached hydrogens (primary N) is 1. The summed E-state index contributed by atoms with van der Waals surface area (Å²) in [4.78, 5) is 20.3. The molecule has 0 saturated heterocycles. The molecule has 0 aliphatic rings. The number of halogens is 1. The predicted octanol–water partition coefficient (Wildman–Crippen LogP) is -0.201. The Kier molecular flexibility index (Phi) is 6.29. The van der Waals surface area contributed by atoms with E-state index in [4.69, 9.17) is 10.8 Å². The average Bonchev–Trinajstić information content (AvgIpc) is 1.63. The summed E-state index contributed by atoms with van der Waals surface area (Å²) in [6, 6.07) is -0.666. The third-order valence-corrected chi connectivity index (χ3v) is 0.833. The molecule has 0 spiro atoms. The molecule has 0 radical (unpaired) electrons. The minimum Gasteiger partial charge on any atom is -0.481 e. The number of rotatable bonds is 3. The van der Waals surface area contributed by atoms with E-state index in [1.54, 1.807) is 0 Å². The van der Waals surface area contributed by atoms with Crippen molar-refractivity contribution >= 4 is 24.2 Å². The van der Waals surface area contributed by atoms with Crippen molar-refractivity contribution in [2.24, 2.45) is 5.73 Å². The van der Waals surface area contributed by atoms with Crippen LogP contribution in [0.2, 0.25) is 0 Å². The Morgan fingerprint density at radius 2 is 2.00 bits per heavy atom. The molecule has 5 heteroatoms. The summed E-state index contributed by atoms with van der Waals surface area (Å²) in [5, 5.41) is 8.06. The van der Waals surface area contributed by atoms with Crippen LogP contribution >= 0.6 is 12.4 Å². The molecular formula is C5H10ClNO3. The summed E-state index contributed by atoms with van der Waals surface area (Å²) < 4.78 is 0. The fourth-order valence-corrected chi connectivity index (χ4v) is 0.310. The number of hydrogen-bond acceptors (Lipinski definition) is 3. The van der Waals surface area contributed by atoms with Gasteiger partial charge in [0, 0.05) is 0 Å². The van der Waals surface area contributed by atoms with E-state index in [9.17, 15) is 9.59 Å². The van der Waals surface area contributed by atoms with Gasteiger partial charge in [-0.2, -0.15) is 0 Å². The lowest BCUT2D eigenvalue weighted by Gasteiger charge is -1.98. The monoisotopic (exact) mass is 167 g/mol. The standard InChI is InChI=1S/C5H9NO3.ClH/c1-3(6)4(7)2-5(8)9;/h3H,2,6H2,1H3,(H,8,9);1H/t3-;/m0./s1. The van der Waals surface area contributed by atoms with E-state index in [-0.39, 0.29) is 12.4 Å². The van der Waals surface area contributed by atoms with Crippen molar-refractivity contribution < 1.29 is 14.7 Å². The lowest BCUT2D eigenvalue weighted by molar-refractivity contribution is -0.140. The quantitative estimate of drug-likeness (QED) is 0.571. The van der Waals surface area contributed by atoms with E-state index < -0.39 is 24.2 Å². The van der Waals surface area contributed by atoms with Gasteiger partial charge in [0.25, 0.3) is 0 Å². The highest BCUT2D eigenvalue weighted by molar-refractivity contribution is 5.97. The molecule has 0 bridgehead atoms. The Morgan fingerprint density at radius 3 is 2.10 bits per heavy atom. The number of aliphatic carboxylic acids is 1. The molecule has 10 heavy (non-hydrogen) atoms. The summed E-state index contributed by atoms with van der Waals surface area (Å²) in [6.45, 7) is 1.46. The topological polar surface area (TPSA) is 80.4 Å². The summed E-state index contributed by atoms with van der Waals surface area (Å²) in [6.07, 6.45) is -0.475. The van der Waals surface area contributed by atoms with Gasteiger partial charge in [0.2, 0.25) is 0 Å². The molecule has 0 rings (SSSR count). The Bertz CT molecular complexity index is 135. The fraction of sp³-hybridized carbons (Fsp3) is 0.600. The number of ketones is 1. The highest BCUT2D eigenvalue weighted by Gasteiger charge is 2.10. The van der Waals surface area contributed by atoms with Gasteiger partial charge in [0.05, 0.1) is 6.04 Å². The summed E-state index contributed by atoms with van der Waals surface area (Å²) in [7, 11) is 0. The van der Waals surface area contributed by atoms with Gasteiger partial charge < -0.3 is 10.8 Å². The third kappa shape index (κ3) is 5.53. The molecule has 60 valence electrons. The van der Waals surface area contributed by atoms with Gasteiger partial charge in [-0.25, -0.2) is 0 Å². The van der Waals surface area contributed by atoms with Crippen molar-refractivity contribution in [1.29, 1.82) is 0 Å². The van der Waals surface area contributed by atoms with Crippen LogP contribution in [-0.4, -0.2) is 22.9 Å². The normalized spacial score (nSPS) is 11.4. The molecule has 3 N–H and O–H groups in total. The highest BCUT2D eigenvalue weighted by Crippen LogP contribution is 1.86. The Labute approximate surface area is 64.8 Å². The first-order valence-corrected chi connectivity index (χ1v) is 2.54. The van der Waals surface area contributed by atoms with Gasteiger partial charge in [0.1, 0.15) is 6.42 Å². The molecule has 0 aliphatic heterocycles. The van der Waals surface area contributed by atoms with E-state index in [1.165, 1.54) is 6.92 Å². The number of carbonyl (C=O) groups is 2. The fourth-order valence-electron chi connectivity index (χ4n) is 0.310. The second-order valence-corrected chi connectivity index (χ2v) is 1.83. The SMILES string of the molecule is C[C@H](N)C(=O)CC(=O)O.Cl. The van der Waals surface area contributed by atoms with Crippen molar-refractivity contribution in [3.05, 3.63) is 0 Å². The van der Waals surface area contributed by atoms with Crippen LogP contribution in [0.3, 0.4) is 0 Å². The molecule has 0 aromatic heterocycles. The first kappa shape index (κ1) is 12.1. The lowest BCUT2D eigenvalue weighted by Crippen LogP contribution is -2.28. The molecule has 1 atom stereocenters. The maximum absolute atomic E-state index is 10.4. The summed E-state index contributed by atoms with van der Waals surface area (Å²) >= 11 is 0. The molecule has 0 amide bonds. The van der Waals surface area contributed by atoms with E-state index in [2.05, 4.69) is 0 Å². The first-order valence-electron chi connectivity index (χ1n) is 2.54. The van der Waals surface area contributed by atoms with Crippen LogP contribution in [0.4, 0.5) is 0 Å². The van der Waals surface area contributed by atoms with Gasteiger partial charge in [-0.3, -0.25) is 9.59 Å². The zero-order valence-electron chi connectivity index (χ0n) is 5.53. The van der Waals surface area contributed by atoms with Crippen LogP contribution in [0, 0.1) is 0 Å². The van der Waals surface area contributed by atoms with Crippen molar-refractivity contribution in [2.45, 2.75) is 19.4 Å². The molecule has 0 heterocycles. The Balaban J connectivity index is 0.